The van der Waals surface area contributed by atoms with Crippen molar-refractivity contribution in [3.63, 3.8) is 0 Å². The highest BCUT2D eigenvalue weighted by molar-refractivity contribution is 5.89. The van der Waals surface area contributed by atoms with E-state index in [-0.39, 0.29) is 25.0 Å². The van der Waals surface area contributed by atoms with Crippen LogP contribution < -0.4 is 9.64 Å². The molecule has 0 bridgehead atoms. The molecule has 0 saturated carbocycles. The summed E-state index contributed by atoms with van der Waals surface area (Å²) >= 11 is 0. The van der Waals surface area contributed by atoms with E-state index in [4.69, 9.17) is 4.74 Å². The molecule has 0 radical (unpaired) electrons. The number of ether oxygens (including phenoxy) is 1. The van der Waals surface area contributed by atoms with Gasteiger partial charge in [0.05, 0.1) is 12.2 Å². The van der Waals surface area contributed by atoms with Crippen molar-refractivity contribution in [2.75, 3.05) is 50.7 Å². The number of amides is 1. The summed E-state index contributed by atoms with van der Waals surface area (Å²) in [5, 5.41) is 0. The molecule has 0 aliphatic carbocycles. The summed E-state index contributed by atoms with van der Waals surface area (Å²) in [5.41, 5.74) is 1.99. The van der Waals surface area contributed by atoms with Crippen LogP contribution in [0.4, 0.5) is 5.69 Å². The Balaban J connectivity index is 1.27. The van der Waals surface area contributed by atoms with Crippen molar-refractivity contribution in [2.45, 2.75) is 0 Å². The summed E-state index contributed by atoms with van der Waals surface area (Å²) in [7, 11) is 0. The lowest BCUT2D eigenvalue weighted by Crippen LogP contribution is -2.52. The lowest BCUT2D eigenvalue weighted by atomic mass is 10.2. The van der Waals surface area contributed by atoms with Crippen molar-refractivity contribution < 1.29 is 14.3 Å². The predicted molar refractivity (Wildman–Crippen MR) is 113 cm³/mol. The number of hydrogen-bond acceptors (Lipinski definition) is 5. The summed E-state index contributed by atoms with van der Waals surface area (Å²) in [6.45, 7) is 4.29. The van der Waals surface area contributed by atoms with E-state index in [1.54, 1.807) is 11.0 Å². The number of anilines is 1. The van der Waals surface area contributed by atoms with Crippen molar-refractivity contribution in [3.8, 4) is 5.75 Å². The Labute approximate surface area is 171 Å². The third-order valence-corrected chi connectivity index (χ3v) is 5.27. The highest BCUT2D eigenvalue weighted by Gasteiger charge is 2.28. The minimum atomic E-state index is -0.327. The first-order valence-corrected chi connectivity index (χ1v) is 9.95. The van der Waals surface area contributed by atoms with E-state index in [2.05, 4.69) is 29.2 Å². The minimum Gasteiger partial charge on any atom is -0.423 e. The van der Waals surface area contributed by atoms with Crippen molar-refractivity contribution in [1.82, 2.24) is 9.80 Å². The first-order valence-electron chi connectivity index (χ1n) is 9.95. The molecule has 0 unspecified atom stereocenters. The van der Waals surface area contributed by atoms with Crippen LogP contribution in [0.15, 0.2) is 60.7 Å². The number of esters is 1. The smallest absolute Gasteiger partial charge is 0.331 e. The number of fused-ring (bicyclic) bond motifs is 1. The fourth-order valence-corrected chi connectivity index (χ4v) is 3.69. The lowest BCUT2D eigenvalue weighted by Gasteiger charge is -2.36. The third-order valence-electron chi connectivity index (χ3n) is 5.27. The topological polar surface area (TPSA) is 53.1 Å². The first kappa shape index (κ1) is 19.2. The van der Waals surface area contributed by atoms with Crippen molar-refractivity contribution in [1.29, 1.82) is 0 Å². The van der Waals surface area contributed by atoms with Crippen LogP contribution in [0.5, 0.6) is 5.75 Å². The van der Waals surface area contributed by atoms with Gasteiger partial charge in [0.15, 0.2) is 5.75 Å². The van der Waals surface area contributed by atoms with Crippen LogP contribution in [0.1, 0.15) is 5.56 Å². The van der Waals surface area contributed by atoms with E-state index in [0.29, 0.717) is 18.8 Å². The second-order valence-corrected chi connectivity index (χ2v) is 7.29. The lowest BCUT2D eigenvalue weighted by molar-refractivity contribution is -0.134. The van der Waals surface area contributed by atoms with Gasteiger partial charge in [-0.2, -0.15) is 0 Å². The first-order chi connectivity index (χ1) is 14.2. The fraction of sp³-hybridized carbons (Fsp3) is 0.304. The zero-order chi connectivity index (χ0) is 20.1. The molecule has 29 heavy (non-hydrogen) atoms. The molecular weight excluding hydrogens is 366 g/mol. The molecule has 2 aliphatic rings. The molecular formula is C23H25N3O3. The van der Waals surface area contributed by atoms with Crippen molar-refractivity contribution >= 4 is 23.6 Å². The Hall–Kier alpha value is -3.12. The Morgan fingerprint density at radius 3 is 2.48 bits per heavy atom. The van der Waals surface area contributed by atoms with Crippen LogP contribution in [0.2, 0.25) is 0 Å². The molecule has 0 aromatic heterocycles. The molecule has 2 heterocycles. The van der Waals surface area contributed by atoms with Gasteiger partial charge < -0.3 is 14.5 Å². The second kappa shape index (κ2) is 8.92. The normalized spacial score (nSPS) is 17.3. The third kappa shape index (κ3) is 4.84. The van der Waals surface area contributed by atoms with E-state index in [1.807, 2.05) is 41.3 Å². The molecule has 0 atom stereocenters. The van der Waals surface area contributed by atoms with E-state index in [9.17, 15) is 9.59 Å². The average molecular weight is 391 g/mol. The Morgan fingerprint density at radius 1 is 0.966 bits per heavy atom. The molecule has 0 N–H and O–H groups in total. The molecule has 150 valence electrons. The standard InChI is InChI=1S/C23H25N3O3/c27-22(17-26-18-23(28)29-21-11-5-4-10-20(21)26)25-15-13-24(14-16-25)12-6-9-19-7-2-1-3-8-19/h1-11H,12-18H2/b9-6+. The number of carbonyl (C=O) groups is 2. The predicted octanol–water partition coefficient (Wildman–Crippen LogP) is 2.27. The van der Waals surface area contributed by atoms with Gasteiger partial charge in [0, 0.05) is 32.7 Å². The average Bonchev–Trinajstić information content (AvgIpc) is 2.75. The Bertz CT molecular complexity index is 889. The molecule has 4 rings (SSSR count). The zero-order valence-electron chi connectivity index (χ0n) is 16.4. The van der Waals surface area contributed by atoms with Crippen LogP contribution in [-0.4, -0.2) is 67.5 Å². The largest absolute Gasteiger partial charge is 0.423 e. The molecule has 1 saturated heterocycles. The number of carbonyl (C=O) groups excluding carboxylic acids is 2. The fourth-order valence-electron chi connectivity index (χ4n) is 3.69. The van der Waals surface area contributed by atoms with Gasteiger partial charge in [-0.3, -0.25) is 9.69 Å². The van der Waals surface area contributed by atoms with Gasteiger partial charge in [0.2, 0.25) is 5.91 Å². The zero-order valence-corrected chi connectivity index (χ0v) is 16.4. The Morgan fingerprint density at radius 2 is 1.69 bits per heavy atom. The molecule has 2 aliphatic heterocycles. The summed E-state index contributed by atoms with van der Waals surface area (Å²) in [6, 6.07) is 17.6. The highest BCUT2D eigenvalue weighted by Crippen LogP contribution is 2.31. The highest BCUT2D eigenvalue weighted by atomic mass is 16.5. The second-order valence-electron chi connectivity index (χ2n) is 7.29. The summed E-state index contributed by atoms with van der Waals surface area (Å²) in [4.78, 5) is 30.7. The van der Waals surface area contributed by atoms with E-state index < -0.39 is 0 Å². The SMILES string of the molecule is O=C1CN(CC(=O)N2CCN(C/C=C/c3ccccc3)CC2)c2ccccc2O1. The van der Waals surface area contributed by atoms with Crippen LogP contribution >= 0.6 is 0 Å². The van der Waals surface area contributed by atoms with Gasteiger partial charge in [-0.05, 0) is 17.7 Å². The molecule has 2 aromatic carbocycles. The van der Waals surface area contributed by atoms with Gasteiger partial charge in [-0.1, -0.05) is 54.6 Å². The van der Waals surface area contributed by atoms with Crippen LogP contribution in [0, 0.1) is 0 Å². The van der Waals surface area contributed by atoms with E-state index in [1.165, 1.54) is 5.56 Å². The minimum absolute atomic E-state index is 0.0500. The number of piperazine rings is 1. The summed E-state index contributed by atoms with van der Waals surface area (Å²) in [6.07, 6.45) is 4.30. The molecule has 1 amide bonds. The maximum absolute atomic E-state index is 12.8. The number of hydrogen-bond donors (Lipinski definition) is 0. The van der Waals surface area contributed by atoms with Crippen molar-refractivity contribution in [3.05, 3.63) is 66.2 Å². The van der Waals surface area contributed by atoms with E-state index in [0.717, 1.165) is 25.3 Å². The maximum atomic E-state index is 12.8. The number of para-hydroxylation sites is 2. The molecule has 6 nitrogen and oxygen atoms in total. The molecule has 2 aromatic rings. The molecule has 1 fully saturated rings. The van der Waals surface area contributed by atoms with Crippen molar-refractivity contribution in [2.24, 2.45) is 0 Å². The number of nitrogens with zero attached hydrogens (tertiary/aromatic N) is 3. The van der Waals surface area contributed by atoms with Gasteiger partial charge in [0.25, 0.3) is 0 Å². The van der Waals surface area contributed by atoms with E-state index >= 15 is 0 Å². The van der Waals surface area contributed by atoms with Crippen LogP contribution in [-0.2, 0) is 9.59 Å². The van der Waals surface area contributed by atoms with Gasteiger partial charge in [0.1, 0.15) is 6.54 Å². The summed E-state index contributed by atoms with van der Waals surface area (Å²) < 4.78 is 5.25. The summed E-state index contributed by atoms with van der Waals surface area (Å²) in [5.74, 6) is 0.243. The molecule has 0 spiro atoms. The van der Waals surface area contributed by atoms with Gasteiger partial charge >= 0.3 is 5.97 Å². The van der Waals surface area contributed by atoms with Gasteiger partial charge in [-0.25, -0.2) is 4.79 Å². The van der Waals surface area contributed by atoms with Crippen LogP contribution in [0.25, 0.3) is 6.08 Å². The number of rotatable bonds is 5. The quantitative estimate of drug-likeness (QED) is 0.578. The number of benzene rings is 2. The maximum Gasteiger partial charge on any atom is 0.331 e. The van der Waals surface area contributed by atoms with Crippen LogP contribution in [0.3, 0.4) is 0 Å². The van der Waals surface area contributed by atoms with Gasteiger partial charge in [-0.15, -0.1) is 0 Å². The monoisotopic (exact) mass is 391 g/mol. The molecule has 6 heteroatoms. The Kier molecular flexibility index (Phi) is 5.91.